The van der Waals surface area contributed by atoms with Crippen LogP contribution in [0.3, 0.4) is 0 Å². The van der Waals surface area contributed by atoms with Crippen LogP contribution in [-0.4, -0.2) is 78.5 Å². The third-order valence-corrected chi connectivity index (χ3v) is 6.74. The van der Waals surface area contributed by atoms with E-state index in [1.807, 2.05) is 34.6 Å². The molecule has 4 N–H and O–H groups in total. The summed E-state index contributed by atoms with van der Waals surface area (Å²) < 4.78 is 10.3. The van der Waals surface area contributed by atoms with E-state index in [0.717, 1.165) is 0 Å². The maximum absolute atomic E-state index is 13.7. The van der Waals surface area contributed by atoms with E-state index in [-0.39, 0.29) is 23.9 Å². The molecule has 0 aromatic heterocycles. The number of primary amides is 1. The van der Waals surface area contributed by atoms with Gasteiger partial charge in [-0.1, -0.05) is 34.6 Å². The number of carbonyl (C=O) groups is 5. The van der Waals surface area contributed by atoms with Crippen LogP contribution in [0.5, 0.6) is 0 Å². The van der Waals surface area contributed by atoms with Crippen molar-refractivity contribution in [1.82, 2.24) is 15.5 Å². The molecule has 35 heavy (non-hydrogen) atoms. The van der Waals surface area contributed by atoms with Crippen LogP contribution >= 0.6 is 0 Å². The Balaban J connectivity index is 2.31. The second-order valence-electron chi connectivity index (χ2n) is 12.1. The van der Waals surface area contributed by atoms with E-state index in [1.165, 1.54) is 12.0 Å². The normalized spacial score (nSPS) is 24.6. The summed E-state index contributed by atoms with van der Waals surface area (Å²) in [7, 11) is 1.33. The molecule has 1 aliphatic heterocycles. The average Bonchev–Trinajstić information content (AvgIpc) is 3.03. The molecule has 11 heteroatoms. The number of carbonyl (C=O) groups excluding carboxylic acids is 5. The minimum absolute atomic E-state index is 0.0806. The molecular weight excluding hydrogens is 456 g/mol. The molecule has 0 spiro atoms. The number of likely N-dealkylation sites (tertiary alicyclic amines) is 1. The van der Waals surface area contributed by atoms with Crippen LogP contribution in [0, 0.1) is 22.7 Å². The molecule has 2 fully saturated rings. The zero-order valence-electron chi connectivity index (χ0n) is 22.2. The molecule has 0 aromatic carbocycles. The molecule has 0 aromatic rings. The molecule has 2 rings (SSSR count). The van der Waals surface area contributed by atoms with E-state index in [2.05, 4.69) is 10.6 Å². The number of hydrogen-bond donors (Lipinski definition) is 3. The highest BCUT2D eigenvalue weighted by molar-refractivity contribution is 6.38. The van der Waals surface area contributed by atoms with Gasteiger partial charge in [0.25, 0.3) is 5.91 Å². The number of alkyl carbamates (subject to hydrolysis) is 1. The number of methoxy groups -OCH3 is 1. The van der Waals surface area contributed by atoms with Crippen molar-refractivity contribution in [2.24, 2.45) is 28.4 Å². The van der Waals surface area contributed by atoms with Gasteiger partial charge in [0, 0.05) is 13.7 Å². The van der Waals surface area contributed by atoms with Crippen LogP contribution in [0.25, 0.3) is 0 Å². The fourth-order valence-electron chi connectivity index (χ4n) is 4.83. The molecule has 1 heterocycles. The van der Waals surface area contributed by atoms with Crippen molar-refractivity contribution < 1.29 is 33.4 Å². The van der Waals surface area contributed by atoms with E-state index in [9.17, 15) is 24.0 Å². The van der Waals surface area contributed by atoms with Crippen LogP contribution < -0.4 is 16.4 Å². The Morgan fingerprint density at radius 3 is 2.09 bits per heavy atom. The highest BCUT2D eigenvalue weighted by Gasteiger charge is 2.69. The standard InChI is InChI=1S/C24H40N4O7/c1-22(2,3)17(27-21(33)35-23(4,5)6)20(32)28-10-12-14(24(12,7)8)15(28)19(31)26-13(11-34-9)16(29)18(25)30/h12-15,17H,10-11H2,1-9H3,(H2,25,30)(H,26,31)(H,27,33)/t12-,13-,14-,15-,17+/m0/s1. The second kappa shape index (κ2) is 9.75. The van der Waals surface area contributed by atoms with Crippen molar-refractivity contribution in [2.75, 3.05) is 20.3 Å². The number of ether oxygens (including phenoxy) is 2. The van der Waals surface area contributed by atoms with Gasteiger partial charge < -0.3 is 30.7 Å². The van der Waals surface area contributed by atoms with Gasteiger partial charge in [0.1, 0.15) is 23.7 Å². The molecule has 0 bridgehead atoms. The third-order valence-electron chi connectivity index (χ3n) is 6.74. The first-order valence-electron chi connectivity index (χ1n) is 11.8. The number of Topliss-reactive ketones (excluding diaryl/α,β-unsaturated/α-hetero) is 1. The third kappa shape index (κ3) is 6.31. The predicted octanol–water partition coefficient (Wildman–Crippen LogP) is 0.594. The van der Waals surface area contributed by atoms with Gasteiger partial charge >= 0.3 is 6.09 Å². The van der Waals surface area contributed by atoms with Gasteiger partial charge in [-0.3, -0.25) is 19.2 Å². The van der Waals surface area contributed by atoms with Crippen LogP contribution in [0.1, 0.15) is 55.4 Å². The number of hydrogen-bond acceptors (Lipinski definition) is 7. The van der Waals surface area contributed by atoms with Gasteiger partial charge in [-0.15, -0.1) is 0 Å². The molecule has 0 unspecified atom stereocenters. The summed E-state index contributed by atoms with van der Waals surface area (Å²) >= 11 is 0. The lowest BCUT2D eigenvalue weighted by Gasteiger charge is -2.38. The highest BCUT2D eigenvalue weighted by atomic mass is 16.6. The van der Waals surface area contributed by atoms with E-state index < -0.39 is 58.7 Å². The van der Waals surface area contributed by atoms with Crippen LogP contribution in [0.2, 0.25) is 0 Å². The van der Waals surface area contributed by atoms with Gasteiger partial charge in [0.2, 0.25) is 17.6 Å². The first-order valence-corrected chi connectivity index (χ1v) is 11.8. The van der Waals surface area contributed by atoms with Crippen molar-refractivity contribution >= 4 is 29.6 Å². The van der Waals surface area contributed by atoms with Crippen molar-refractivity contribution in [3.05, 3.63) is 0 Å². The van der Waals surface area contributed by atoms with Crippen LogP contribution in [0.15, 0.2) is 0 Å². The number of nitrogens with two attached hydrogens (primary N) is 1. The van der Waals surface area contributed by atoms with Gasteiger partial charge in [-0.25, -0.2) is 4.79 Å². The fourth-order valence-corrected chi connectivity index (χ4v) is 4.83. The molecule has 198 valence electrons. The number of ketones is 1. The van der Waals surface area contributed by atoms with Crippen molar-refractivity contribution in [1.29, 1.82) is 0 Å². The van der Waals surface area contributed by atoms with Gasteiger partial charge in [0.15, 0.2) is 0 Å². The van der Waals surface area contributed by atoms with E-state index in [1.54, 1.807) is 20.8 Å². The number of fused-ring (bicyclic) bond motifs is 1. The molecule has 5 atom stereocenters. The zero-order valence-corrected chi connectivity index (χ0v) is 22.2. The Labute approximate surface area is 206 Å². The maximum Gasteiger partial charge on any atom is 0.408 e. The first kappa shape index (κ1) is 28.5. The molecule has 2 aliphatic rings. The summed E-state index contributed by atoms with van der Waals surface area (Å²) in [4.78, 5) is 64.7. The molecule has 1 saturated carbocycles. The summed E-state index contributed by atoms with van der Waals surface area (Å²) in [6.45, 7) is 14.7. The lowest BCUT2D eigenvalue weighted by atomic mass is 9.85. The number of amides is 4. The number of nitrogens with one attached hydrogen (secondary N) is 2. The van der Waals surface area contributed by atoms with Gasteiger partial charge in [-0.05, 0) is 43.4 Å². The monoisotopic (exact) mass is 496 g/mol. The molecule has 1 aliphatic carbocycles. The Hall–Kier alpha value is -2.69. The molecular formula is C24H40N4O7. The minimum atomic E-state index is -1.26. The topological polar surface area (TPSA) is 157 Å². The predicted molar refractivity (Wildman–Crippen MR) is 127 cm³/mol. The van der Waals surface area contributed by atoms with Crippen molar-refractivity contribution in [2.45, 2.75) is 79.1 Å². The minimum Gasteiger partial charge on any atom is -0.444 e. The number of piperidine rings is 1. The van der Waals surface area contributed by atoms with Crippen molar-refractivity contribution in [3.8, 4) is 0 Å². The molecule has 4 amide bonds. The molecule has 1 saturated heterocycles. The maximum atomic E-state index is 13.7. The fraction of sp³-hybridized carbons (Fsp3) is 0.792. The van der Waals surface area contributed by atoms with Gasteiger partial charge in [-0.2, -0.15) is 0 Å². The summed E-state index contributed by atoms with van der Waals surface area (Å²) in [5.41, 5.74) is 3.50. The summed E-state index contributed by atoms with van der Waals surface area (Å²) in [6.07, 6.45) is -0.733. The van der Waals surface area contributed by atoms with E-state index in [0.29, 0.717) is 6.54 Å². The number of nitrogens with zero attached hydrogens (tertiary/aromatic N) is 1. The van der Waals surface area contributed by atoms with E-state index >= 15 is 0 Å². The Morgan fingerprint density at radius 1 is 1.06 bits per heavy atom. The van der Waals surface area contributed by atoms with Gasteiger partial charge in [0.05, 0.1) is 6.61 Å². The Bertz CT molecular complexity index is 887. The summed E-state index contributed by atoms with van der Waals surface area (Å²) in [6, 6.07) is -3.11. The summed E-state index contributed by atoms with van der Waals surface area (Å²) in [5.74, 6) is -3.22. The SMILES string of the molecule is COC[C@H](NC(=O)[C@@H]1[C@@H]2[C@H](CN1C(=O)[C@@H](NC(=O)OC(C)(C)C)C(C)(C)C)C2(C)C)C(=O)C(N)=O. The van der Waals surface area contributed by atoms with Crippen LogP contribution in [-0.2, 0) is 28.7 Å². The lowest BCUT2D eigenvalue weighted by Crippen LogP contribution is -2.61. The zero-order chi connectivity index (χ0) is 27.1. The van der Waals surface area contributed by atoms with Crippen molar-refractivity contribution in [3.63, 3.8) is 0 Å². The quantitative estimate of drug-likeness (QED) is 0.415. The first-order chi connectivity index (χ1) is 15.8. The highest BCUT2D eigenvalue weighted by Crippen LogP contribution is 2.65. The summed E-state index contributed by atoms with van der Waals surface area (Å²) in [5, 5.41) is 5.22. The average molecular weight is 497 g/mol. The smallest absolute Gasteiger partial charge is 0.408 e. The molecule has 11 nitrogen and oxygen atoms in total. The number of rotatable bonds is 8. The Morgan fingerprint density at radius 2 is 1.63 bits per heavy atom. The van der Waals surface area contributed by atoms with E-state index in [4.69, 9.17) is 15.2 Å². The largest absolute Gasteiger partial charge is 0.444 e. The second-order valence-corrected chi connectivity index (χ2v) is 12.1. The lowest BCUT2D eigenvalue weighted by molar-refractivity contribution is -0.145. The van der Waals surface area contributed by atoms with Crippen LogP contribution in [0.4, 0.5) is 4.79 Å². The Kier molecular flexibility index (Phi) is 7.95. The molecule has 0 radical (unpaired) electrons.